The summed E-state index contributed by atoms with van der Waals surface area (Å²) in [4.78, 5) is 10.8. The van der Waals surface area contributed by atoms with E-state index in [1.165, 1.54) is 0 Å². The van der Waals surface area contributed by atoms with Crippen molar-refractivity contribution in [3.8, 4) is 0 Å². The zero-order chi connectivity index (χ0) is 14.0. The Balaban J connectivity index is 1.98. The number of rotatable bonds is 6. The van der Waals surface area contributed by atoms with Crippen LogP contribution in [0.3, 0.4) is 0 Å². The van der Waals surface area contributed by atoms with E-state index in [0.29, 0.717) is 21.6 Å². The number of carboxylic acids is 1. The first kappa shape index (κ1) is 14.8. The fourth-order valence-corrected chi connectivity index (χ4v) is 4.31. The van der Waals surface area contributed by atoms with Gasteiger partial charge in [0.1, 0.15) is 0 Å². The van der Waals surface area contributed by atoms with Gasteiger partial charge in [-0.3, -0.25) is 9.00 Å². The van der Waals surface area contributed by atoms with E-state index in [9.17, 15) is 9.00 Å². The summed E-state index contributed by atoms with van der Waals surface area (Å²) < 4.78 is 12.1. The van der Waals surface area contributed by atoms with Crippen LogP contribution in [0.4, 0.5) is 0 Å². The fraction of sp³-hybridized carbons (Fsp3) is 0.462. The fourth-order valence-electron chi connectivity index (χ4n) is 2.09. The van der Waals surface area contributed by atoms with E-state index >= 15 is 0 Å². The monoisotopic (exact) mass is 320 g/mol. The average molecular weight is 321 g/mol. The van der Waals surface area contributed by atoms with Crippen LogP contribution in [-0.2, 0) is 21.3 Å². The number of carboxylic acid groups (broad SMARTS) is 1. The molecule has 0 aromatic heterocycles. The van der Waals surface area contributed by atoms with Gasteiger partial charge >= 0.3 is 5.97 Å². The lowest BCUT2D eigenvalue weighted by Crippen LogP contribution is -2.17. The van der Waals surface area contributed by atoms with Crippen molar-refractivity contribution in [1.29, 1.82) is 0 Å². The Kier molecular flexibility index (Phi) is 4.54. The molecule has 1 saturated carbocycles. The summed E-state index contributed by atoms with van der Waals surface area (Å²) in [5.41, 5.74) is 0.487. The minimum Gasteiger partial charge on any atom is -0.481 e. The van der Waals surface area contributed by atoms with Gasteiger partial charge in [0.15, 0.2) is 0 Å². The summed E-state index contributed by atoms with van der Waals surface area (Å²) in [5, 5.41) is 9.94. The second kappa shape index (κ2) is 5.81. The molecule has 1 aliphatic carbocycles. The number of halogens is 2. The molecule has 1 atom stereocenters. The van der Waals surface area contributed by atoms with E-state index in [1.807, 2.05) is 0 Å². The minimum absolute atomic E-state index is 0.0992. The number of hydrogen-bond donors (Lipinski definition) is 1. The molecule has 0 aliphatic heterocycles. The summed E-state index contributed by atoms with van der Waals surface area (Å²) in [6.07, 6.45) is 1.78. The first-order chi connectivity index (χ1) is 8.90. The van der Waals surface area contributed by atoms with Gasteiger partial charge in [-0.05, 0) is 42.0 Å². The predicted octanol–water partition coefficient (Wildman–Crippen LogP) is 3.50. The number of hydrogen-bond acceptors (Lipinski definition) is 2. The van der Waals surface area contributed by atoms with Crippen molar-refractivity contribution in [3.63, 3.8) is 0 Å². The zero-order valence-corrected chi connectivity index (χ0v) is 12.5. The maximum atomic E-state index is 12.1. The Hall–Kier alpha value is -0.580. The smallest absolute Gasteiger partial charge is 0.303 e. The largest absolute Gasteiger partial charge is 0.481 e. The summed E-state index contributed by atoms with van der Waals surface area (Å²) in [7, 11) is -1.12. The van der Waals surface area contributed by atoms with Gasteiger partial charge in [-0.2, -0.15) is 0 Å². The standard InChI is InChI=1S/C13H14Cl2O3S/c14-10-1-2-11(15)9(5-10)7-19(18)8-13(3-4-13)6-12(16)17/h1-2,5H,3-4,6-8H2,(H,16,17). The second-order valence-corrected chi connectivity index (χ2v) is 7.34. The molecule has 0 heterocycles. The lowest BCUT2D eigenvalue weighted by atomic mass is 10.1. The Morgan fingerprint density at radius 2 is 2.05 bits per heavy atom. The highest BCUT2D eigenvalue weighted by Gasteiger charge is 2.45. The molecule has 0 spiro atoms. The molecule has 6 heteroatoms. The number of aliphatic carboxylic acids is 1. The molecule has 2 rings (SSSR count). The molecule has 1 aromatic rings. The van der Waals surface area contributed by atoms with Crippen LogP contribution in [0.5, 0.6) is 0 Å². The van der Waals surface area contributed by atoms with Gasteiger partial charge in [-0.15, -0.1) is 0 Å². The Labute approximate surface area is 124 Å². The highest BCUT2D eigenvalue weighted by atomic mass is 35.5. The molecule has 0 radical (unpaired) electrons. The highest BCUT2D eigenvalue weighted by Crippen LogP contribution is 2.49. The summed E-state index contributed by atoms with van der Waals surface area (Å²) in [6, 6.07) is 5.07. The van der Waals surface area contributed by atoms with Crippen LogP contribution in [0.15, 0.2) is 18.2 Å². The van der Waals surface area contributed by atoms with E-state index in [2.05, 4.69) is 0 Å². The molecule has 0 bridgehead atoms. The predicted molar refractivity (Wildman–Crippen MR) is 77.1 cm³/mol. The van der Waals surface area contributed by atoms with Crippen LogP contribution in [0.25, 0.3) is 0 Å². The third-order valence-corrected chi connectivity index (χ3v) is 5.45. The van der Waals surface area contributed by atoms with Crippen molar-refractivity contribution >= 4 is 40.0 Å². The number of carbonyl (C=O) groups is 1. The van der Waals surface area contributed by atoms with Gasteiger partial charge in [0.05, 0.1) is 12.2 Å². The molecule has 1 fully saturated rings. The lowest BCUT2D eigenvalue weighted by Gasteiger charge is -2.12. The molecular weight excluding hydrogens is 307 g/mol. The Morgan fingerprint density at radius 3 is 2.63 bits per heavy atom. The molecule has 19 heavy (non-hydrogen) atoms. The van der Waals surface area contributed by atoms with Gasteiger partial charge in [0.2, 0.25) is 0 Å². The third-order valence-electron chi connectivity index (χ3n) is 3.27. The van der Waals surface area contributed by atoms with Crippen LogP contribution in [0.2, 0.25) is 10.0 Å². The molecule has 3 nitrogen and oxygen atoms in total. The summed E-state index contributed by atoms with van der Waals surface area (Å²) in [6.45, 7) is 0. The molecule has 1 aromatic carbocycles. The normalized spacial score (nSPS) is 18.0. The van der Waals surface area contributed by atoms with Crippen molar-refractivity contribution in [2.45, 2.75) is 25.0 Å². The molecule has 1 unspecified atom stereocenters. The average Bonchev–Trinajstić information content (AvgIpc) is 3.01. The molecule has 1 N–H and O–H groups in total. The van der Waals surface area contributed by atoms with E-state index in [-0.39, 0.29) is 11.8 Å². The van der Waals surface area contributed by atoms with Crippen LogP contribution in [-0.4, -0.2) is 21.0 Å². The maximum absolute atomic E-state index is 12.1. The highest BCUT2D eigenvalue weighted by molar-refractivity contribution is 7.84. The van der Waals surface area contributed by atoms with Gasteiger partial charge < -0.3 is 5.11 Å². The van der Waals surface area contributed by atoms with Crippen molar-refractivity contribution in [2.24, 2.45) is 5.41 Å². The van der Waals surface area contributed by atoms with Crippen LogP contribution >= 0.6 is 23.2 Å². The Morgan fingerprint density at radius 1 is 1.37 bits per heavy atom. The van der Waals surface area contributed by atoms with Crippen molar-refractivity contribution in [2.75, 3.05) is 5.75 Å². The summed E-state index contributed by atoms with van der Waals surface area (Å²) >= 11 is 11.9. The van der Waals surface area contributed by atoms with E-state index < -0.39 is 16.8 Å². The van der Waals surface area contributed by atoms with Gasteiger partial charge in [-0.25, -0.2) is 0 Å². The molecule has 0 amide bonds. The van der Waals surface area contributed by atoms with Crippen molar-refractivity contribution in [1.82, 2.24) is 0 Å². The van der Waals surface area contributed by atoms with Gasteiger partial charge in [0, 0.05) is 26.6 Å². The summed E-state index contributed by atoms with van der Waals surface area (Å²) in [5.74, 6) is -0.0848. The molecule has 0 saturated heterocycles. The minimum atomic E-state index is -1.12. The lowest BCUT2D eigenvalue weighted by molar-refractivity contribution is -0.138. The van der Waals surface area contributed by atoms with Gasteiger partial charge in [-0.1, -0.05) is 23.2 Å². The second-order valence-electron chi connectivity index (χ2n) is 5.03. The SMILES string of the molecule is O=C(O)CC1(CS(=O)Cc2cc(Cl)ccc2Cl)CC1. The van der Waals surface area contributed by atoms with E-state index in [1.54, 1.807) is 18.2 Å². The van der Waals surface area contributed by atoms with E-state index in [4.69, 9.17) is 28.3 Å². The van der Waals surface area contributed by atoms with Crippen LogP contribution in [0, 0.1) is 5.41 Å². The zero-order valence-electron chi connectivity index (χ0n) is 10.2. The third kappa shape index (κ3) is 4.20. The van der Waals surface area contributed by atoms with Gasteiger partial charge in [0.25, 0.3) is 0 Å². The first-order valence-corrected chi connectivity index (χ1v) is 8.15. The first-order valence-electron chi connectivity index (χ1n) is 5.91. The quantitative estimate of drug-likeness (QED) is 0.872. The van der Waals surface area contributed by atoms with Crippen LogP contribution < -0.4 is 0 Å². The molecule has 104 valence electrons. The van der Waals surface area contributed by atoms with Crippen molar-refractivity contribution in [3.05, 3.63) is 33.8 Å². The van der Waals surface area contributed by atoms with Crippen molar-refractivity contribution < 1.29 is 14.1 Å². The molecular formula is C13H14Cl2O3S. The molecule has 1 aliphatic rings. The van der Waals surface area contributed by atoms with Crippen LogP contribution in [0.1, 0.15) is 24.8 Å². The van der Waals surface area contributed by atoms with E-state index in [0.717, 1.165) is 18.4 Å². The Bertz CT molecular complexity index is 527. The number of benzene rings is 1. The maximum Gasteiger partial charge on any atom is 0.303 e. The topological polar surface area (TPSA) is 54.4 Å².